The average molecular weight is 349 g/mol. The lowest BCUT2D eigenvalue weighted by atomic mass is 10.2. The third kappa shape index (κ3) is 3.01. The highest BCUT2D eigenvalue weighted by Crippen LogP contribution is 2.26. The number of amides is 1. The molecule has 2 aromatic carbocycles. The molecule has 0 saturated carbocycles. The second-order valence-corrected chi connectivity index (χ2v) is 6.42. The van der Waals surface area contributed by atoms with E-state index in [0.717, 1.165) is 33.5 Å². The Bertz CT molecular complexity index is 1020. The van der Waals surface area contributed by atoms with Gasteiger partial charge >= 0.3 is 0 Å². The number of anilines is 1. The number of carbonyl (C=O) groups excluding carboxylic acids is 1. The Hall–Kier alpha value is -3.06. The third-order valence-electron chi connectivity index (χ3n) is 3.80. The van der Waals surface area contributed by atoms with E-state index in [-0.39, 0.29) is 5.91 Å². The molecule has 0 aliphatic carbocycles. The lowest BCUT2D eigenvalue weighted by Crippen LogP contribution is -2.11. The maximum absolute atomic E-state index is 12.2. The van der Waals surface area contributed by atoms with Gasteiger partial charge < -0.3 is 5.32 Å². The van der Waals surface area contributed by atoms with Gasteiger partial charge in [0.1, 0.15) is 5.01 Å². The Labute approximate surface area is 148 Å². The van der Waals surface area contributed by atoms with Crippen LogP contribution in [0.4, 0.5) is 5.69 Å². The van der Waals surface area contributed by atoms with Crippen LogP contribution >= 0.6 is 11.3 Å². The number of hydrogen-bond acceptors (Lipinski definition) is 5. The van der Waals surface area contributed by atoms with Crippen molar-refractivity contribution in [2.45, 2.75) is 13.3 Å². The predicted molar refractivity (Wildman–Crippen MR) is 97.9 cm³/mol. The molecular weight excluding hydrogens is 334 g/mol. The molecule has 0 spiro atoms. The summed E-state index contributed by atoms with van der Waals surface area (Å²) < 4.78 is 1.78. The third-order valence-corrected chi connectivity index (χ3v) is 4.75. The maximum atomic E-state index is 12.2. The molecule has 25 heavy (non-hydrogen) atoms. The number of fused-ring (bicyclic) bond motifs is 1. The quantitative estimate of drug-likeness (QED) is 0.610. The Balaban J connectivity index is 1.55. The van der Waals surface area contributed by atoms with Gasteiger partial charge in [0.25, 0.3) is 5.91 Å². The van der Waals surface area contributed by atoms with Crippen molar-refractivity contribution in [2.75, 3.05) is 5.32 Å². The van der Waals surface area contributed by atoms with Gasteiger partial charge in [-0.1, -0.05) is 36.5 Å². The van der Waals surface area contributed by atoms with Crippen LogP contribution in [0.5, 0.6) is 0 Å². The monoisotopic (exact) mass is 349 g/mol. The number of benzene rings is 2. The van der Waals surface area contributed by atoms with Crippen LogP contribution in [0.15, 0.2) is 54.6 Å². The molecule has 0 unspecified atom stereocenters. The Kier molecular flexibility index (Phi) is 3.99. The van der Waals surface area contributed by atoms with Crippen molar-refractivity contribution < 1.29 is 4.79 Å². The van der Waals surface area contributed by atoms with Crippen LogP contribution in [0.1, 0.15) is 23.1 Å². The summed E-state index contributed by atoms with van der Waals surface area (Å²) in [5.74, 6) is 0.726. The van der Waals surface area contributed by atoms with Gasteiger partial charge in [-0.3, -0.25) is 4.79 Å². The topological polar surface area (TPSA) is 72.2 Å². The van der Waals surface area contributed by atoms with Gasteiger partial charge in [-0.2, -0.15) is 9.61 Å². The lowest BCUT2D eigenvalue weighted by Gasteiger charge is -2.05. The number of rotatable bonds is 4. The highest BCUT2D eigenvalue weighted by atomic mass is 32.1. The number of carbonyl (C=O) groups is 1. The molecule has 124 valence electrons. The highest BCUT2D eigenvalue weighted by Gasteiger charge is 2.12. The first-order valence-electron chi connectivity index (χ1n) is 7.92. The van der Waals surface area contributed by atoms with Crippen LogP contribution in [0, 0.1) is 0 Å². The first kappa shape index (κ1) is 15.5. The van der Waals surface area contributed by atoms with Crippen molar-refractivity contribution in [3.05, 3.63) is 66.0 Å². The van der Waals surface area contributed by atoms with Gasteiger partial charge in [-0.05, 0) is 36.4 Å². The van der Waals surface area contributed by atoms with Crippen LogP contribution < -0.4 is 5.32 Å². The number of aromatic nitrogens is 4. The van der Waals surface area contributed by atoms with Crippen LogP contribution in [-0.4, -0.2) is 25.7 Å². The van der Waals surface area contributed by atoms with Gasteiger partial charge in [-0.25, -0.2) is 0 Å². The first-order valence-corrected chi connectivity index (χ1v) is 8.74. The molecule has 1 amide bonds. The minimum absolute atomic E-state index is 0.125. The summed E-state index contributed by atoms with van der Waals surface area (Å²) in [6.07, 6.45) is 0.787. The molecule has 2 aromatic heterocycles. The van der Waals surface area contributed by atoms with Gasteiger partial charge in [0.2, 0.25) is 4.96 Å². The molecule has 0 aliphatic rings. The molecule has 2 heterocycles. The fourth-order valence-corrected chi connectivity index (χ4v) is 3.35. The van der Waals surface area contributed by atoms with E-state index < -0.39 is 0 Å². The number of nitrogens with zero attached hydrogens (tertiary/aromatic N) is 4. The largest absolute Gasteiger partial charge is 0.322 e. The van der Waals surface area contributed by atoms with Gasteiger partial charge in [0.15, 0.2) is 5.82 Å². The number of aryl methyl sites for hydroxylation is 1. The second-order valence-electron chi connectivity index (χ2n) is 5.47. The molecule has 0 saturated heterocycles. The van der Waals surface area contributed by atoms with Crippen LogP contribution in [-0.2, 0) is 6.42 Å². The molecule has 0 bridgehead atoms. The molecule has 0 radical (unpaired) electrons. The van der Waals surface area contributed by atoms with E-state index in [1.807, 2.05) is 49.4 Å². The fraction of sp³-hybridized carbons (Fsp3) is 0.111. The van der Waals surface area contributed by atoms with Crippen molar-refractivity contribution in [1.29, 1.82) is 0 Å². The van der Waals surface area contributed by atoms with Gasteiger partial charge in [-0.15, -0.1) is 10.2 Å². The minimum Gasteiger partial charge on any atom is -0.322 e. The zero-order valence-electron chi connectivity index (χ0n) is 13.5. The van der Waals surface area contributed by atoms with Crippen LogP contribution in [0.3, 0.4) is 0 Å². The van der Waals surface area contributed by atoms with E-state index in [2.05, 4.69) is 20.6 Å². The molecule has 0 fully saturated rings. The second kappa shape index (κ2) is 6.45. The maximum Gasteiger partial charge on any atom is 0.255 e. The van der Waals surface area contributed by atoms with E-state index in [1.54, 1.807) is 16.6 Å². The van der Waals surface area contributed by atoms with Crippen molar-refractivity contribution >= 4 is 27.9 Å². The normalized spacial score (nSPS) is 10.9. The molecule has 4 aromatic rings. The Morgan fingerprint density at radius 3 is 2.56 bits per heavy atom. The van der Waals surface area contributed by atoms with E-state index >= 15 is 0 Å². The Morgan fingerprint density at radius 1 is 1.08 bits per heavy atom. The van der Waals surface area contributed by atoms with E-state index in [4.69, 9.17) is 0 Å². The molecule has 4 rings (SSSR count). The zero-order valence-corrected chi connectivity index (χ0v) is 14.3. The van der Waals surface area contributed by atoms with Crippen molar-refractivity contribution in [3.63, 3.8) is 0 Å². The summed E-state index contributed by atoms with van der Waals surface area (Å²) in [5.41, 5.74) is 2.36. The van der Waals surface area contributed by atoms with Gasteiger partial charge in [0, 0.05) is 23.2 Å². The standard InChI is InChI=1S/C18H15N5OS/c1-2-15-20-21-18-23(15)22-17(25-18)13-8-10-14(11-9-13)19-16(24)12-6-4-3-5-7-12/h3-11H,2H2,1H3,(H,19,24). The zero-order chi connectivity index (χ0) is 17.2. The van der Waals surface area contributed by atoms with Crippen LogP contribution in [0.25, 0.3) is 15.5 Å². The SMILES string of the molecule is CCc1nnc2sc(-c3ccc(NC(=O)c4ccccc4)cc3)nn12. The molecule has 1 N–H and O–H groups in total. The molecule has 7 heteroatoms. The van der Waals surface area contributed by atoms with Crippen molar-refractivity contribution in [3.8, 4) is 10.6 Å². The summed E-state index contributed by atoms with van der Waals surface area (Å²) >= 11 is 1.49. The highest BCUT2D eigenvalue weighted by molar-refractivity contribution is 7.19. The van der Waals surface area contributed by atoms with Crippen molar-refractivity contribution in [2.24, 2.45) is 0 Å². The summed E-state index contributed by atoms with van der Waals surface area (Å²) in [7, 11) is 0. The number of nitrogens with one attached hydrogen (secondary N) is 1. The summed E-state index contributed by atoms with van der Waals surface area (Å²) in [6.45, 7) is 2.03. The summed E-state index contributed by atoms with van der Waals surface area (Å²) in [4.78, 5) is 13.0. The van der Waals surface area contributed by atoms with Gasteiger partial charge in [0.05, 0.1) is 0 Å². The average Bonchev–Trinajstić information content (AvgIpc) is 3.23. The van der Waals surface area contributed by atoms with E-state index in [0.29, 0.717) is 5.56 Å². The molecule has 6 nitrogen and oxygen atoms in total. The molecule has 0 atom stereocenters. The number of hydrogen-bond donors (Lipinski definition) is 1. The van der Waals surface area contributed by atoms with E-state index in [1.165, 1.54) is 11.3 Å². The minimum atomic E-state index is -0.125. The first-order chi connectivity index (χ1) is 12.2. The molecular formula is C18H15N5OS. The summed E-state index contributed by atoms with van der Waals surface area (Å²) in [5, 5.41) is 16.6. The predicted octanol–water partition coefficient (Wildman–Crippen LogP) is 3.67. The Morgan fingerprint density at radius 2 is 1.84 bits per heavy atom. The molecule has 0 aliphatic heterocycles. The summed E-state index contributed by atoms with van der Waals surface area (Å²) in [6, 6.07) is 16.8. The fourth-order valence-electron chi connectivity index (χ4n) is 2.48. The lowest BCUT2D eigenvalue weighted by molar-refractivity contribution is 0.102. The van der Waals surface area contributed by atoms with Crippen LogP contribution in [0.2, 0.25) is 0 Å². The van der Waals surface area contributed by atoms with E-state index in [9.17, 15) is 4.79 Å². The van der Waals surface area contributed by atoms with Crippen molar-refractivity contribution in [1.82, 2.24) is 19.8 Å². The smallest absolute Gasteiger partial charge is 0.255 e.